The first-order chi connectivity index (χ1) is 7.54. The molecule has 2 aromatic rings. The highest BCUT2D eigenvalue weighted by molar-refractivity contribution is 7.98. The smallest absolute Gasteiger partial charge is 0.196 e. The first kappa shape index (κ1) is 11.5. The molecule has 2 nitrogen and oxygen atoms in total. The van der Waals surface area contributed by atoms with Crippen molar-refractivity contribution in [2.45, 2.75) is 5.16 Å². The van der Waals surface area contributed by atoms with Crippen LogP contribution in [0.1, 0.15) is 0 Å². The van der Waals surface area contributed by atoms with Gasteiger partial charge in [0.15, 0.2) is 22.6 Å². The van der Waals surface area contributed by atoms with E-state index >= 15 is 0 Å². The van der Waals surface area contributed by atoms with Crippen molar-refractivity contribution in [3.05, 3.63) is 28.7 Å². The zero-order valence-corrected chi connectivity index (χ0v) is 9.46. The second-order valence-electron chi connectivity index (χ2n) is 2.88. The molecule has 0 unspecified atom stereocenters. The van der Waals surface area contributed by atoms with E-state index in [-0.39, 0.29) is 21.2 Å². The number of benzene rings is 1. The van der Waals surface area contributed by atoms with Gasteiger partial charge >= 0.3 is 0 Å². The van der Waals surface area contributed by atoms with Gasteiger partial charge in [-0.1, -0.05) is 23.4 Å². The summed E-state index contributed by atoms with van der Waals surface area (Å²) < 4.78 is 39.3. The Morgan fingerprint density at radius 1 is 1.19 bits per heavy atom. The van der Waals surface area contributed by atoms with Crippen molar-refractivity contribution >= 4 is 34.3 Å². The Balaban J connectivity index is 2.90. The van der Waals surface area contributed by atoms with Crippen molar-refractivity contribution in [2.75, 3.05) is 6.26 Å². The average molecular weight is 265 g/mol. The third kappa shape index (κ3) is 1.72. The molecule has 1 aromatic heterocycles. The minimum absolute atomic E-state index is 0.0455. The van der Waals surface area contributed by atoms with Gasteiger partial charge in [-0.2, -0.15) is 0 Å². The Labute approximate surface area is 97.8 Å². The van der Waals surface area contributed by atoms with Crippen molar-refractivity contribution < 1.29 is 13.2 Å². The molecule has 0 fully saturated rings. The van der Waals surface area contributed by atoms with E-state index in [1.54, 1.807) is 6.26 Å². The van der Waals surface area contributed by atoms with Crippen molar-refractivity contribution in [1.82, 2.24) is 9.97 Å². The predicted octanol–water partition coefficient (Wildman–Crippen LogP) is 3.42. The molecular weight excluding hydrogens is 261 g/mol. The number of hydrogen-bond donors (Lipinski definition) is 0. The van der Waals surface area contributed by atoms with Crippen molar-refractivity contribution in [2.24, 2.45) is 0 Å². The molecule has 0 spiro atoms. The number of fused-ring (bicyclic) bond motifs is 1. The molecule has 84 valence electrons. The molecule has 0 bridgehead atoms. The van der Waals surface area contributed by atoms with Gasteiger partial charge in [0.1, 0.15) is 10.7 Å². The lowest BCUT2D eigenvalue weighted by Gasteiger charge is -2.04. The maximum Gasteiger partial charge on any atom is 0.196 e. The summed E-state index contributed by atoms with van der Waals surface area (Å²) in [5.41, 5.74) is -0.316. The molecule has 0 aliphatic heterocycles. The fourth-order valence-corrected chi connectivity index (χ4v) is 1.85. The van der Waals surface area contributed by atoms with Crippen molar-refractivity contribution in [1.29, 1.82) is 0 Å². The van der Waals surface area contributed by atoms with Crippen molar-refractivity contribution in [3.8, 4) is 0 Å². The normalized spacial score (nSPS) is 11.1. The largest absolute Gasteiger partial charge is 0.219 e. The minimum atomic E-state index is -1.56. The monoisotopic (exact) mass is 264 g/mol. The predicted molar refractivity (Wildman–Crippen MR) is 56.2 cm³/mol. The summed E-state index contributed by atoms with van der Waals surface area (Å²) in [7, 11) is 0. The lowest BCUT2D eigenvalue weighted by atomic mass is 10.2. The summed E-state index contributed by atoms with van der Waals surface area (Å²) in [6.07, 6.45) is 1.66. The van der Waals surface area contributed by atoms with Gasteiger partial charge in [-0.15, -0.1) is 0 Å². The minimum Gasteiger partial charge on any atom is -0.219 e. The van der Waals surface area contributed by atoms with Gasteiger partial charge in [0.25, 0.3) is 0 Å². The average Bonchev–Trinajstić information content (AvgIpc) is 2.27. The Hall–Kier alpha value is -1.01. The quantitative estimate of drug-likeness (QED) is 0.342. The third-order valence-corrected chi connectivity index (χ3v) is 2.78. The molecule has 7 heteroatoms. The first-order valence-electron chi connectivity index (χ1n) is 4.09. The van der Waals surface area contributed by atoms with E-state index < -0.39 is 17.5 Å². The summed E-state index contributed by atoms with van der Waals surface area (Å²) in [5.74, 6) is -4.23. The van der Waals surface area contributed by atoms with Crippen LogP contribution in [0.15, 0.2) is 11.2 Å². The van der Waals surface area contributed by atoms with E-state index in [9.17, 15) is 13.2 Å². The zero-order chi connectivity index (χ0) is 11.9. The van der Waals surface area contributed by atoms with Gasteiger partial charge < -0.3 is 0 Å². The van der Waals surface area contributed by atoms with Crippen LogP contribution in [0.5, 0.6) is 0 Å². The Morgan fingerprint density at radius 3 is 2.50 bits per heavy atom. The van der Waals surface area contributed by atoms with E-state index in [1.165, 1.54) is 0 Å². The fourth-order valence-electron chi connectivity index (χ4n) is 1.21. The molecule has 0 aliphatic carbocycles. The van der Waals surface area contributed by atoms with E-state index in [0.29, 0.717) is 0 Å². The van der Waals surface area contributed by atoms with Crippen LogP contribution in [0.3, 0.4) is 0 Å². The van der Waals surface area contributed by atoms with E-state index in [4.69, 9.17) is 11.6 Å². The molecule has 0 saturated heterocycles. The number of thioether (sulfide) groups is 1. The molecule has 2 rings (SSSR count). The maximum absolute atomic E-state index is 13.4. The fraction of sp³-hybridized carbons (Fsp3) is 0.111. The topological polar surface area (TPSA) is 25.8 Å². The molecule has 0 amide bonds. The summed E-state index contributed by atoms with van der Waals surface area (Å²) in [6, 6.07) is 0.778. The number of nitrogens with zero attached hydrogens (tertiary/aromatic N) is 2. The highest BCUT2D eigenvalue weighted by atomic mass is 35.5. The maximum atomic E-state index is 13.4. The van der Waals surface area contributed by atoms with Gasteiger partial charge in [0.05, 0.1) is 0 Å². The van der Waals surface area contributed by atoms with Gasteiger partial charge in [-0.3, -0.25) is 0 Å². The molecular formula is C9H4ClF3N2S. The highest BCUT2D eigenvalue weighted by Gasteiger charge is 2.17. The standard InChI is InChI=1S/C9H4ClF3N2S/c1-16-9-14-7-3(8(10)15-9)2-4(11)5(12)6(7)13/h2H,1H3. The third-order valence-electron chi connectivity index (χ3n) is 1.94. The van der Waals surface area contributed by atoms with Crippen LogP contribution in [-0.4, -0.2) is 16.2 Å². The van der Waals surface area contributed by atoms with Gasteiger partial charge in [0.2, 0.25) is 0 Å². The van der Waals surface area contributed by atoms with Crippen molar-refractivity contribution in [3.63, 3.8) is 0 Å². The number of hydrogen-bond acceptors (Lipinski definition) is 3. The number of aromatic nitrogens is 2. The highest BCUT2D eigenvalue weighted by Crippen LogP contribution is 2.27. The van der Waals surface area contributed by atoms with Gasteiger partial charge in [0, 0.05) is 5.39 Å². The molecule has 0 radical (unpaired) electrons. The van der Waals surface area contributed by atoms with E-state index in [0.717, 1.165) is 17.8 Å². The van der Waals surface area contributed by atoms with Crippen LogP contribution in [0.4, 0.5) is 13.2 Å². The van der Waals surface area contributed by atoms with Gasteiger partial charge in [-0.25, -0.2) is 23.1 Å². The molecule has 0 aliphatic rings. The summed E-state index contributed by atoms with van der Waals surface area (Å²) in [6.45, 7) is 0. The van der Waals surface area contributed by atoms with E-state index in [2.05, 4.69) is 9.97 Å². The molecule has 0 atom stereocenters. The molecule has 0 N–H and O–H groups in total. The van der Waals surface area contributed by atoms with Crippen LogP contribution in [0.2, 0.25) is 5.15 Å². The summed E-state index contributed by atoms with van der Waals surface area (Å²) in [4.78, 5) is 7.53. The second-order valence-corrected chi connectivity index (χ2v) is 4.02. The Kier molecular flexibility index (Phi) is 2.94. The van der Waals surface area contributed by atoms with Crippen LogP contribution in [0.25, 0.3) is 10.9 Å². The molecule has 0 saturated carbocycles. The SMILES string of the molecule is CSc1nc(Cl)c2cc(F)c(F)c(F)c2n1. The van der Waals surface area contributed by atoms with Crippen LogP contribution in [-0.2, 0) is 0 Å². The summed E-state index contributed by atoms with van der Waals surface area (Å²) >= 11 is 6.84. The number of rotatable bonds is 1. The lowest BCUT2D eigenvalue weighted by molar-refractivity contribution is 0.452. The van der Waals surface area contributed by atoms with E-state index in [1.807, 2.05) is 0 Å². The molecule has 16 heavy (non-hydrogen) atoms. The first-order valence-corrected chi connectivity index (χ1v) is 5.69. The van der Waals surface area contributed by atoms with Crippen LogP contribution in [0, 0.1) is 17.5 Å². The molecule has 1 aromatic carbocycles. The Morgan fingerprint density at radius 2 is 1.88 bits per heavy atom. The lowest BCUT2D eigenvalue weighted by Crippen LogP contribution is -1.97. The zero-order valence-electron chi connectivity index (χ0n) is 7.89. The summed E-state index contributed by atoms with van der Waals surface area (Å²) in [5, 5.41) is 0.0467. The van der Waals surface area contributed by atoms with Crippen LogP contribution >= 0.6 is 23.4 Å². The molecule has 1 heterocycles. The van der Waals surface area contributed by atoms with Gasteiger partial charge in [-0.05, 0) is 12.3 Å². The Bertz CT molecular complexity index is 576. The number of halogens is 4. The second kappa shape index (κ2) is 4.10. The van der Waals surface area contributed by atoms with Crippen LogP contribution < -0.4 is 0 Å².